The highest BCUT2D eigenvalue weighted by Gasteiger charge is 2.24. The fourth-order valence-corrected chi connectivity index (χ4v) is 3.87. The third kappa shape index (κ3) is 5.45. The van der Waals surface area contributed by atoms with Crippen LogP contribution in [0.2, 0.25) is 0 Å². The molecule has 7 heteroatoms. The van der Waals surface area contributed by atoms with E-state index in [1.807, 2.05) is 31.0 Å². The molecule has 1 aromatic carbocycles. The lowest BCUT2D eigenvalue weighted by Crippen LogP contribution is -2.50. The second-order valence-electron chi connectivity index (χ2n) is 7.76. The van der Waals surface area contributed by atoms with Gasteiger partial charge >= 0.3 is 6.03 Å². The number of amides is 3. The number of hydrogen-bond donors (Lipinski definition) is 2. The number of ether oxygens (including phenoxy) is 1. The van der Waals surface area contributed by atoms with Crippen molar-refractivity contribution >= 4 is 17.6 Å². The van der Waals surface area contributed by atoms with Gasteiger partial charge in [-0.05, 0) is 38.4 Å². The Labute approximate surface area is 167 Å². The van der Waals surface area contributed by atoms with E-state index >= 15 is 0 Å². The molecule has 1 aliphatic carbocycles. The number of nitrogens with one attached hydrogen (secondary N) is 2. The minimum absolute atomic E-state index is 0.196. The summed E-state index contributed by atoms with van der Waals surface area (Å²) in [6, 6.07) is 7.68. The number of carbonyl (C=O) groups is 2. The molecular formula is C21H32N4O3. The molecule has 1 unspecified atom stereocenters. The average Bonchev–Trinajstić information content (AvgIpc) is 3.21. The number of rotatable bonds is 6. The van der Waals surface area contributed by atoms with Crippen molar-refractivity contribution in [2.45, 2.75) is 51.2 Å². The lowest BCUT2D eigenvalue weighted by atomic mass is 10.1. The van der Waals surface area contributed by atoms with Crippen LogP contribution >= 0.6 is 0 Å². The van der Waals surface area contributed by atoms with Gasteiger partial charge in [-0.1, -0.05) is 31.0 Å². The number of anilines is 1. The summed E-state index contributed by atoms with van der Waals surface area (Å²) in [6.45, 7) is 5.68. The first-order valence-electron chi connectivity index (χ1n) is 10.3. The number of urea groups is 1. The number of hydrogen-bond acceptors (Lipinski definition) is 5. The van der Waals surface area contributed by atoms with Gasteiger partial charge in [-0.25, -0.2) is 4.79 Å². The zero-order valence-corrected chi connectivity index (χ0v) is 16.9. The van der Waals surface area contributed by atoms with E-state index in [2.05, 4.69) is 27.7 Å². The van der Waals surface area contributed by atoms with Crippen molar-refractivity contribution in [1.29, 1.82) is 0 Å². The maximum absolute atomic E-state index is 12.5. The van der Waals surface area contributed by atoms with Gasteiger partial charge in [-0.2, -0.15) is 0 Å². The van der Waals surface area contributed by atoms with E-state index in [4.69, 9.17) is 4.74 Å². The van der Waals surface area contributed by atoms with Crippen LogP contribution < -0.4 is 15.5 Å². The van der Waals surface area contributed by atoms with Crippen molar-refractivity contribution in [3.05, 3.63) is 29.8 Å². The maximum atomic E-state index is 12.5. The Bertz CT molecular complexity index is 669. The molecule has 0 aromatic heterocycles. The molecule has 2 N–H and O–H groups in total. The van der Waals surface area contributed by atoms with E-state index in [1.54, 1.807) is 0 Å². The van der Waals surface area contributed by atoms with Crippen molar-refractivity contribution in [1.82, 2.24) is 15.5 Å². The van der Waals surface area contributed by atoms with Crippen LogP contribution in [-0.4, -0.2) is 62.3 Å². The molecule has 0 spiro atoms. The summed E-state index contributed by atoms with van der Waals surface area (Å²) in [4.78, 5) is 28.9. The van der Waals surface area contributed by atoms with Gasteiger partial charge < -0.3 is 15.0 Å². The quantitative estimate of drug-likeness (QED) is 0.781. The molecule has 3 rings (SSSR count). The molecule has 1 aromatic rings. The van der Waals surface area contributed by atoms with E-state index in [9.17, 15) is 9.59 Å². The van der Waals surface area contributed by atoms with Gasteiger partial charge in [0.25, 0.3) is 0 Å². The summed E-state index contributed by atoms with van der Waals surface area (Å²) in [5, 5.41) is 5.39. The molecule has 28 heavy (non-hydrogen) atoms. The second kappa shape index (κ2) is 9.89. The molecule has 2 aliphatic rings. The summed E-state index contributed by atoms with van der Waals surface area (Å²) in [5.41, 5.74) is 2.35. The Morgan fingerprint density at radius 3 is 2.61 bits per heavy atom. The van der Waals surface area contributed by atoms with Crippen molar-refractivity contribution in [2.24, 2.45) is 0 Å². The molecule has 3 amide bonds. The minimum Gasteiger partial charge on any atom is -0.378 e. The van der Waals surface area contributed by atoms with Crippen molar-refractivity contribution in [3.8, 4) is 0 Å². The van der Waals surface area contributed by atoms with Gasteiger partial charge in [0.05, 0.1) is 19.3 Å². The van der Waals surface area contributed by atoms with Crippen molar-refractivity contribution in [2.75, 3.05) is 38.3 Å². The number of carbonyl (C=O) groups excluding carboxylic acids is 2. The number of likely N-dealkylation sites (N-methyl/N-ethyl adjacent to an activating group) is 1. The van der Waals surface area contributed by atoms with Crippen LogP contribution in [0.4, 0.5) is 10.5 Å². The van der Waals surface area contributed by atoms with Gasteiger partial charge in [0, 0.05) is 31.4 Å². The third-order valence-electron chi connectivity index (χ3n) is 5.73. The molecular weight excluding hydrogens is 356 g/mol. The summed E-state index contributed by atoms with van der Waals surface area (Å²) < 4.78 is 5.45. The predicted octanol–water partition coefficient (Wildman–Crippen LogP) is 2.11. The molecule has 7 nitrogen and oxygen atoms in total. The van der Waals surface area contributed by atoms with E-state index in [1.165, 1.54) is 11.3 Å². The number of nitrogens with zero attached hydrogens (tertiary/aromatic N) is 2. The van der Waals surface area contributed by atoms with E-state index < -0.39 is 6.04 Å². The topological polar surface area (TPSA) is 73.9 Å². The highest BCUT2D eigenvalue weighted by molar-refractivity contribution is 5.96. The normalized spacial score (nSPS) is 18.9. The van der Waals surface area contributed by atoms with Crippen LogP contribution in [0.25, 0.3) is 0 Å². The molecule has 1 saturated heterocycles. The van der Waals surface area contributed by atoms with E-state index in [-0.39, 0.29) is 18.0 Å². The van der Waals surface area contributed by atoms with Crippen LogP contribution in [0.5, 0.6) is 0 Å². The fourth-order valence-electron chi connectivity index (χ4n) is 3.87. The molecule has 1 saturated carbocycles. The Hall–Kier alpha value is -2.12. The van der Waals surface area contributed by atoms with Gasteiger partial charge in [0.15, 0.2) is 0 Å². The van der Waals surface area contributed by atoms with Crippen LogP contribution in [0.3, 0.4) is 0 Å². The highest BCUT2D eigenvalue weighted by Crippen LogP contribution is 2.23. The van der Waals surface area contributed by atoms with Crippen LogP contribution in [-0.2, 0) is 16.1 Å². The van der Waals surface area contributed by atoms with E-state index in [0.717, 1.165) is 52.0 Å². The summed E-state index contributed by atoms with van der Waals surface area (Å²) in [5.74, 6) is -0.276. The SMILES string of the molecule is CC(C(=O)NC(=O)NC1CCCC1)N(C)Cc1ccccc1N1CCOCC1. The molecule has 154 valence electrons. The van der Waals surface area contributed by atoms with Crippen LogP contribution in [0.1, 0.15) is 38.2 Å². The molecule has 0 radical (unpaired) electrons. The lowest BCUT2D eigenvalue weighted by Gasteiger charge is -2.32. The number of para-hydroxylation sites is 1. The van der Waals surface area contributed by atoms with E-state index in [0.29, 0.717) is 6.54 Å². The summed E-state index contributed by atoms with van der Waals surface area (Å²) in [6.07, 6.45) is 4.27. The molecule has 2 fully saturated rings. The van der Waals surface area contributed by atoms with Crippen molar-refractivity contribution < 1.29 is 14.3 Å². The first-order valence-corrected chi connectivity index (χ1v) is 10.3. The second-order valence-corrected chi connectivity index (χ2v) is 7.76. The first kappa shape index (κ1) is 20.6. The molecule has 1 aliphatic heterocycles. The standard InChI is InChI=1S/C21H32N4O3/c1-16(20(26)23-21(27)22-18-8-4-5-9-18)24(2)15-17-7-3-6-10-19(17)25-11-13-28-14-12-25/h3,6-7,10,16,18H,4-5,8-9,11-15H2,1-2H3,(H2,22,23,26,27). The zero-order valence-electron chi connectivity index (χ0n) is 16.9. The zero-order chi connectivity index (χ0) is 19.9. The van der Waals surface area contributed by atoms with Gasteiger partial charge in [-0.15, -0.1) is 0 Å². The van der Waals surface area contributed by atoms with Gasteiger partial charge in [0.1, 0.15) is 0 Å². The third-order valence-corrected chi connectivity index (χ3v) is 5.73. The van der Waals surface area contributed by atoms with Gasteiger partial charge in [-0.3, -0.25) is 15.0 Å². The Kier molecular flexibility index (Phi) is 7.28. The predicted molar refractivity (Wildman–Crippen MR) is 109 cm³/mol. The van der Waals surface area contributed by atoms with Crippen LogP contribution in [0.15, 0.2) is 24.3 Å². The largest absolute Gasteiger partial charge is 0.378 e. The van der Waals surface area contributed by atoms with Crippen molar-refractivity contribution in [3.63, 3.8) is 0 Å². The smallest absolute Gasteiger partial charge is 0.321 e. The monoisotopic (exact) mass is 388 g/mol. The Morgan fingerprint density at radius 1 is 1.21 bits per heavy atom. The molecule has 0 bridgehead atoms. The maximum Gasteiger partial charge on any atom is 0.321 e. The Morgan fingerprint density at radius 2 is 1.89 bits per heavy atom. The molecule has 1 heterocycles. The van der Waals surface area contributed by atoms with Gasteiger partial charge in [0.2, 0.25) is 5.91 Å². The summed E-state index contributed by atoms with van der Waals surface area (Å²) in [7, 11) is 1.91. The molecule has 1 atom stereocenters. The number of morpholine rings is 1. The first-order chi connectivity index (χ1) is 13.5. The summed E-state index contributed by atoms with van der Waals surface area (Å²) >= 11 is 0. The number of benzene rings is 1. The highest BCUT2D eigenvalue weighted by atomic mass is 16.5. The average molecular weight is 389 g/mol. The fraction of sp³-hybridized carbons (Fsp3) is 0.619. The van der Waals surface area contributed by atoms with Crippen LogP contribution in [0, 0.1) is 0 Å². The Balaban J connectivity index is 1.55. The minimum atomic E-state index is -0.410. The number of imide groups is 1. The lowest BCUT2D eigenvalue weighted by molar-refractivity contribution is -0.124.